The molecule has 0 aliphatic carbocycles. The maximum Gasteiger partial charge on any atom is 0.573 e. The lowest BCUT2D eigenvalue weighted by Gasteiger charge is -2.22. The minimum absolute atomic E-state index is 0.0834. The second-order valence-corrected chi connectivity index (χ2v) is 10.2. The van der Waals surface area contributed by atoms with Gasteiger partial charge < -0.3 is 24.8 Å². The van der Waals surface area contributed by atoms with Crippen LogP contribution in [0, 0.1) is 12.7 Å². The van der Waals surface area contributed by atoms with Crippen LogP contribution >= 0.6 is 0 Å². The van der Waals surface area contributed by atoms with Gasteiger partial charge in [-0.05, 0) is 60.6 Å². The number of carbonyl (C=O) groups is 2. The first kappa shape index (κ1) is 31.3. The van der Waals surface area contributed by atoms with E-state index in [9.17, 15) is 32.3 Å². The van der Waals surface area contributed by atoms with Crippen molar-refractivity contribution in [2.45, 2.75) is 32.3 Å². The number of benzene rings is 4. The quantitative estimate of drug-likeness (QED) is 0.207. The number of aliphatic carboxylic acids is 1. The third-order valence-electron chi connectivity index (χ3n) is 6.88. The summed E-state index contributed by atoms with van der Waals surface area (Å²) < 4.78 is 65.5. The van der Waals surface area contributed by atoms with Gasteiger partial charge in [0.15, 0.2) is 0 Å². The van der Waals surface area contributed by atoms with Crippen LogP contribution in [-0.2, 0) is 17.8 Å². The van der Waals surface area contributed by atoms with E-state index in [0.29, 0.717) is 27.5 Å². The van der Waals surface area contributed by atoms with E-state index in [-0.39, 0.29) is 35.4 Å². The second-order valence-electron chi connectivity index (χ2n) is 10.2. The summed E-state index contributed by atoms with van der Waals surface area (Å²) in [5, 5.41) is 13.4. The van der Waals surface area contributed by atoms with Gasteiger partial charge in [-0.25, -0.2) is 9.18 Å². The molecule has 4 aromatic carbocycles. The molecular formula is C32H30F4N2O5. The number of carboxylic acid groups (broad SMARTS) is 1. The highest BCUT2D eigenvalue weighted by Gasteiger charge is 2.35. The number of hydrogen-bond donors (Lipinski definition) is 2. The number of halogens is 4. The molecule has 226 valence electrons. The fourth-order valence-corrected chi connectivity index (χ4v) is 5.07. The van der Waals surface area contributed by atoms with Gasteiger partial charge in [0.25, 0.3) is 5.91 Å². The van der Waals surface area contributed by atoms with E-state index in [1.807, 2.05) is 0 Å². The van der Waals surface area contributed by atoms with Gasteiger partial charge in [-0.2, -0.15) is 0 Å². The number of rotatable bonds is 10. The second kappa shape index (κ2) is 12.7. The minimum Gasteiger partial charge on any atom is -0.496 e. The lowest BCUT2D eigenvalue weighted by atomic mass is 9.91. The number of carboxylic acids is 1. The zero-order valence-corrected chi connectivity index (χ0v) is 23.9. The molecule has 7 nitrogen and oxygen atoms in total. The largest absolute Gasteiger partial charge is 0.573 e. The van der Waals surface area contributed by atoms with E-state index in [2.05, 4.69) is 10.1 Å². The normalized spacial score (nSPS) is 12.3. The van der Waals surface area contributed by atoms with E-state index in [1.54, 1.807) is 74.4 Å². The van der Waals surface area contributed by atoms with Crippen LogP contribution in [-0.4, -0.2) is 55.5 Å². The fourth-order valence-electron chi connectivity index (χ4n) is 5.07. The van der Waals surface area contributed by atoms with Crippen LogP contribution in [0.25, 0.3) is 21.9 Å². The summed E-state index contributed by atoms with van der Waals surface area (Å²) in [5.74, 6) is -3.25. The van der Waals surface area contributed by atoms with Crippen molar-refractivity contribution in [2.75, 3.05) is 21.2 Å². The van der Waals surface area contributed by atoms with Gasteiger partial charge in [-0.3, -0.25) is 4.79 Å². The Balaban J connectivity index is 1.83. The zero-order valence-electron chi connectivity index (χ0n) is 23.9. The van der Waals surface area contributed by atoms with Gasteiger partial charge in [0, 0.05) is 18.5 Å². The standard InChI is InChI=1S/C32H30F4N2O5/c1-18-8-5-13-24(33)27(18)30(39)37-25(31(40)41)16-19-9-6-11-22-21(19)10-7-12-23(22)28-26(42-4)15-14-20(17-38(2)3)29(28)43-32(34,35)36/h5-15,25H,16-17H2,1-4H3,(H,37,39)(H,40,41)/t25-/m0/s1. The molecule has 0 bridgehead atoms. The molecule has 0 spiro atoms. The molecule has 4 aromatic rings. The smallest absolute Gasteiger partial charge is 0.496 e. The molecule has 4 rings (SSSR count). The number of nitrogens with zero attached hydrogens (tertiary/aromatic N) is 1. The van der Waals surface area contributed by atoms with E-state index in [4.69, 9.17) is 4.74 Å². The Hall–Kier alpha value is -4.64. The summed E-state index contributed by atoms with van der Waals surface area (Å²) in [6.07, 6.45) is -5.17. The van der Waals surface area contributed by atoms with Crippen LogP contribution in [0.2, 0.25) is 0 Å². The SMILES string of the molecule is COc1ccc(CN(C)C)c(OC(F)(F)F)c1-c1cccc2c(C[C@H](NC(=O)c3c(C)cccc3F)C(=O)O)cccc12. The third kappa shape index (κ3) is 7.06. The van der Waals surface area contributed by atoms with E-state index in [0.717, 1.165) is 6.07 Å². The summed E-state index contributed by atoms with van der Waals surface area (Å²) in [4.78, 5) is 26.8. The summed E-state index contributed by atoms with van der Waals surface area (Å²) in [6.45, 7) is 1.69. The fraction of sp³-hybridized carbons (Fsp3) is 0.250. The number of aryl methyl sites for hydroxylation is 1. The molecule has 1 atom stereocenters. The Bertz CT molecular complexity index is 1650. The molecule has 43 heavy (non-hydrogen) atoms. The highest BCUT2D eigenvalue weighted by Crippen LogP contribution is 2.46. The molecule has 0 aliphatic rings. The average Bonchev–Trinajstić information content (AvgIpc) is 2.92. The van der Waals surface area contributed by atoms with Gasteiger partial charge in [0.1, 0.15) is 23.4 Å². The van der Waals surface area contributed by atoms with Gasteiger partial charge >= 0.3 is 12.3 Å². The Labute approximate surface area is 245 Å². The average molecular weight is 599 g/mol. The first-order chi connectivity index (χ1) is 20.3. The molecule has 0 aromatic heterocycles. The van der Waals surface area contributed by atoms with E-state index >= 15 is 0 Å². The first-order valence-corrected chi connectivity index (χ1v) is 13.2. The van der Waals surface area contributed by atoms with Crippen molar-refractivity contribution >= 4 is 22.6 Å². The Morgan fingerprint density at radius 3 is 2.26 bits per heavy atom. The van der Waals surface area contributed by atoms with E-state index in [1.165, 1.54) is 19.2 Å². The number of carbonyl (C=O) groups excluding carboxylic acids is 1. The summed E-state index contributed by atoms with van der Waals surface area (Å²) >= 11 is 0. The summed E-state index contributed by atoms with van der Waals surface area (Å²) in [7, 11) is 4.78. The molecule has 0 radical (unpaired) electrons. The lowest BCUT2D eigenvalue weighted by Crippen LogP contribution is -2.42. The first-order valence-electron chi connectivity index (χ1n) is 13.2. The van der Waals surface area contributed by atoms with Gasteiger partial charge in [-0.15, -0.1) is 13.2 Å². The Kier molecular flexibility index (Phi) is 9.24. The molecule has 0 heterocycles. The number of hydrogen-bond acceptors (Lipinski definition) is 5. The monoisotopic (exact) mass is 598 g/mol. The van der Waals surface area contributed by atoms with Gasteiger partial charge in [-0.1, -0.05) is 54.6 Å². The molecule has 1 amide bonds. The summed E-state index contributed by atoms with van der Waals surface area (Å²) in [6, 6.07) is 15.7. The van der Waals surface area contributed by atoms with Crippen LogP contribution in [0.15, 0.2) is 66.7 Å². The summed E-state index contributed by atoms with van der Waals surface area (Å²) in [5.41, 5.74) is 1.32. The number of fused-ring (bicyclic) bond motifs is 1. The number of alkyl halides is 3. The van der Waals surface area contributed by atoms with Crippen LogP contribution in [0.4, 0.5) is 17.6 Å². The minimum atomic E-state index is -4.98. The topological polar surface area (TPSA) is 88.1 Å². The molecule has 0 fully saturated rings. The lowest BCUT2D eigenvalue weighted by molar-refractivity contribution is -0.274. The van der Waals surface area contributed by atoms with Crippen LogP contribution in [0.1, 0.15) is 27.0 Å². The number of amides is 1. The van der Waals surface area contributed by atoms with Crippen molar-refractivity contribution in [3.05, 3.63) is 94.8 Å². The van der Waals surface area contributed by atoms with Crippen molar-refractivity contribution in [3.8, 4) is 22.6 Å². The number of ether oxygens (including phenoxy) is 2. The van der Waals surface area contributed by atoms with Crippen molar-refractivity contribution in [2.24, 2.45) is 0 Å². The Morgan fingerprint density at radius 2 is 1.63 bits per heavy atom. The van der Waals surface area contributed by atoms with E-state index < -0.39 is 35.8 Å². The number of nitrogens with one attached hydrogen (secondary N) is 1. The molecular weight excluding hydrogens is 568 g/mol. The maximum atomic E-state index is 14.4. The van der Waals surface area contributed by atoms with Crippen LogP contribution < -0.4 is 14.8 Å². The van der Waals surface area contributed by atoms with Crippen molar-refractivity contribution in [3.63, 3.8) is 0 Å². The van der Waals surface area contributed by atoms with Gasteiger partial charge in [0.05, 0.1) is 18.2 Å². The molecule has 11 heteroatoms. The van der Waals surface area contributed by atoms with Crippen molar-refractivity contribution in [1.29, 1.82) is 0 Å². The predicted molar refractivity (Wildman–Crippen MR) is 154 cm³/mol. The van der Waals surface area contributed by atoms with Crippen LogP contribution in [0.3, 0.4) is 0 Å². The Morgan fingerprint density at radius 1 is 0.953 bits per heavy atom. The highest BCUT2D eigenvalue weighted by molar-refractivity contribution is 6.02. The van der Waals surface area contributed by atoms with Crippen LogP contribution in [0.5, 0.6) is 11.5 Å². The molecule has 0 saturated heterocycles. The molecule has 0 saturated carbocycles. The molecule has 0 aliphatic heterocycles. The third-order valence-corrected chi connectivity index (χ3v) is 6.88. The van der Waals surface area contributed by atoms with Crippen molar-refractivity contribution < 1.29 is 41.7 Å². The highest BCUT2D eigenvalue weighted by atomic mass is 19.4. The number of methoxy groups -OCH3 is 1. The molecule has 2 N–H and O–H groups in total. The predicted octanol–water partition coefficient (Wildman–Crippen LogP) is 6.35. The molecule has 0 unspecified atom stereocenters. The maximum absolute atomic E-state index is 14.4. The van der Waals surface area contributed by atoms with Gasteiger partial charge in [0.2, 0.25) is 0 Å². The zero-order chi connectivity index (χ0) is 31.5. The van der Waals surface area contributed by atoms with Crippen molar-refractivity contribution in [1.82, 2.24) is 10.2 Å².